The zero-order chi connectivity index (χ0) is 10.8. The van der Waals surface area contributed by atoms with Crippen LogP contribution >= 0.6 is 0 Å². The zero-order valence-corrected chi connectivity index (χ0v) is 9.10. The fourth-order valence-corrected chi connectivity index (χ4v) is 1.79. The number of rotatable bonds is 2. The molecule has 0 aliphatic carbocycles. The van der Waals surface area contributed by atoms with E-state index in [2.05, 4.69) is 14.9 Å². The van der Waals surface area contributed by atoms with Crippen molar-refractivity contribution < 1.29 is 4.74 Å². The Kier molecular flexibility index (Phi) is 2.73. The molecule has 1 atom stereocenters. The van der Waals surface area contributed by atoms with Crippen molar-refractivity contribution in [2.24, 2.45) is 5.73 Å². The Morgan fingerprint density at radius 3 is 2.93 bits per heavy atom. The molecule has 0 spiro atoms. The Balaban J connectivity index is 2.24. The van der Waals surface area contributed by atoms with Crippen molar-refractivity contribution in [1.29, 1.82) is 0 Å². The lowest BCUT2D eigenvalue weighted by Crippen LogP contribution is -2.27. The molecule has 1 saturated heterocycles. The van der Waals surface area contributed by atoms with Crippen LogP contribution in [0.5, 0.6) is 5.88 Å². The van der Waals surface area contributed by atoms with Crippen molar-refractivity contribution in [3.05, 3.63) is 11.9 Å². The Labute approximate surface area is 89.3 Å². The molecule has 5 heteroatoms. The third kappa shape index (κ3) is 2.18. The van der Waals surface area contributed by atoms with Crippen LogP contribution in [-0.2, 0) is 0 Å². The fraction of sp³-hybridized carbons (Fsp3) is 0.600. The summed E-state index contributed by atoms with van der Waals surface area (Å²) in [5.74, 6) is 2.25. The van der Waals surface area contributed by atoms with Gasteiger partial charge in [-0.15, -0.1) is 0 Å². The second-order valence-electron chi connectivity index (χ2n) is 3.81. The fourth-order valence-electron chi connectivity index (χ4n) is 1.79. The van der Waals surface area contributed by atoms with Gasteiger partial charge in [0.05, 0.1) is 7.11 Å². The quantitative estimate of drug-likeness (QED) is 0.758. The summed E-state index contributed by atoms with van der Waals surface area (Å²) < 4.78 is 5.11. The van der Waals surface area contributed by atoms with Gasteiger partial charge in [0.1, 0.15) is 11.6 Å². The summed E-state index contributed by atoms with van der Waals surface area (Å²) in [4.78, 5) is 10.7. The van der Waals surface area contributed by atoms with Gasteiger partial charge in [0, 0.05) is 25.2 Å². The van der Waals surface area contributed by atoms with E-state index in [0.29, 0.717) is 5.88 Å². The molecule has 0 radical (unpaired) electrons. The molecule has 2 N–H and O–H groups in total. The predicted molar refractivity (Wildman–Crippen MR) is 58.1 cm³/mol. The first-order valence-corrected chi connectivity index (χ1v) is 5.09. The van der Waals surface area contributed by atoms with Gasteiger partial charge in [0.15, 0.2) is 0 Å². The molecule has 2 heterocycles. The van der Waals surface area contributed by atoms with Gasteiger partial charge in [-0.2, -0.15) is 4.98 Å². The van der Waals surface area contributed by atoms with E-state index in [0.717, 1.165) is 31.2 Å². The largest absolute Gasteiger partial charge is 0.481 e. The standard InChI is InChI=1S/C10H16N4O/c1-7-12-9(5-10(13-7)15-2)14-4-3-8(11)6-14/h5,8H,3-4,6,11H2,1-2H3. The minimum absolute atomic E-state index is 0.256. The van der Waals surface area contributed by atoms with Gasteiger partial charge >= 0.3 is 0 Å². The maximum atomic E-state index is 5.85. The van der Waals surface area contributed by atoms with Gasteiger partial charge in [0.25, 0.3) is 0 Å². The van der Waals surface area contributed by atoms with Gasteiger partial charge in [0.2, 0.25) is 5.88 Å². The SMILES string of the molecule is COc1cc(N2CCC(N)C2)nc(C)n1. The highest BCUT2D eigenvalue weighted by molar-refractivity contribution is 5.43. The van der Waals surface area contributed by atoms with Crippen molar-refractivity contribution in [2.45, 2.75) is 19.4 Å². The summed E-state index contributed by atoms with van der Waals surface area (Å²) in [6, 6.07) is 2.11. The Hall–Kier alpha value is -1.36. The maximum absolute atomic E-state index is 5.85. The number of nitrogens with zero attached hydrogens (tertiary/aromatic N) is 3. The molecule has 1 aliphatic rings. The normalized spacial score (nSPS) is 20.7. The van der Waals surface area contributed by atoms with E-state index in [9.17, 15) is 0 Å². The molecule has 1 aliphatic heterocycles. The van der Waals surface area contributed by atoms with E-state index >= 15 is 0 Å². The van der Waals surface area contributed by atoms with E-state index in [1.54, 1.807) is 7.11 Å². The van der Waals surface area contributed by atoms with E-state index in [1.165, 1.54) is 0 Å². The highest BCUT2D eigenvalue weighted by atomic mass is 16.5. The van der Waals surface area contributed by atoms with Crippen molar-refractivity contribution in [1.82, 2.24) is 9.97 Å². The summed E-state index contributed by atoms with van der Waals surface area (Å²) in [5.41, 5.74) is 5.85. The number of nitrogens with two attached hydrogens (primary N) is 1. The molecule has 0 aromatic carbocycles. The highest BCUT2D eigenvalue weighted by Gasteiger charge is 2.21. The van der Waals surface area contributed by atoms with E-state index in [1.807, 2.05) is 13.0 Å². The number of anilines is 1. The molecule has 15 heavy (non-hydrogen) atoms. The number of hydrogen-bond donors (Lipinski definition) is 1. The third-order valence-corrected chi connectivity index (χ3v) is 2.56. The third-order valence-electron chi connectivity index (χ3n) is 2.56. The number of aromatic nitrogens is 2. The molecule has 0 amide bonds. The summed E-state index contributed by atoms with van der Waals surface area (Å²) in [6.45, 7) is 3.68. The summed E-state index contributed by atoms with van der Waals surface area (Å²) >= 11 is 0. The van der Waals surface area contributed by atoms with Crippen LogP contribution in [-0.4, -0.2) is 36.2 Å². The van der Waals surface area contributed by atoms with Crippen LogP contribution in [0.15, 0.2) is 6.07 Å². The second-order valence-corrected chi connectivity index (χ2v) is 3.81. The van der Waals surface area contributed by atoms with Crippen LogP contribution in [0, 0.1) is 6.92 Å². The minimum atomic E-state index is 0.256. The average Bonchev–Trinajstić information content (AvgIpc) is 2.64. The highest BCUT2D eigenvalue weighted by Crippen LogP contribution is 2.20. The van der Waals surface area contributed by atoms with Crippen LogP contribution in [0.4, 0.5) is 5.82 Å². The van der Waals surface area contributed by atoms with Crippen LogP contribution < -0.4 is 15.4 Å². The van der Waals surface area contributed by atoms with Gasteiger partial charge in [-0.3, -0.25) is 0 Å². The predicted octanol–water partition coefficient (Wildman–Crippen LogP) is 0.331. The summed E-state index contributed by atoms with van der Waals surface area (Å²) in [7, 11) is 1.61. The van der Waals surface area contributed by atoms with Gasteiger partial charge < -0.3 is 15.4 Å². The van der Waals surface area contributed by atoms with Gasteiger partial charge in [-0.25, -0.2) is 4.98 Å². The first-order valence-electron chi connectivity index (χ1n) is 5.09. The molecule has 82 valence electrons. The smallest absolute Gasteiger partial charge is 0.218 e. The Morgan fingerprint density at radius 1 is 1.53 bits per heavy atom. The monoisotopic (exact) mass is 208 g/mol. The van der Waals surface area contributed by atoms with E-state index in [-0.39, 0.29) is 6.04 Å². The molecule has 1 unspecified atom stereocenters. The molecule has 5 nitrogen and oxygen atoms in total. The molecule has 2 rings (SSSR count). The zero-order valence-electron chi connectivity index (χ0n) is 9.10. The van der Waals surface area contributed by atoms with Crippen molar-refractivity contribution in [2.75, 3.05) is 25.1 Å². The van der Waals surface area contributed by atoms with Crippen LogP contribution in [0.3, 0.4) is 0 Å². The molecule has 0 bridgehead atoms. The van der Waals surface area contributed by atoms with E-state index < -0.39 is 0 Å². The molecule has 0 saturated carbocycles. The molecular weight excluding hydrogens is 192 g/mol. The molecule has 1 fully saturated rings. The van der Waals surface area contributed by atoms with Gasteiger partial charge in [-0.05, 0) is 13.3 Å². The summed E-state index contributed by atoms with van der Waals surface area (Å²) in [6.07, 6.45) is 1.02. The second kappa shape index (κ2) is 4.02. The minimum Gasteiger partial charge on any atom is -0.481 e. The number of methoxy groups -OCH3 is 1. The lowest BCUT2D eigenvalue weighted by molar-refractivity contribution is 0.395. The van der Waals surface area contributed by atoms with Crippen molar-refractivity contribution >= 4 is 5.82 Å². The van der Waals surface area contributed by atoms with Gasteiger partial charge in [-0.1, -0.05) is 0 Å². The lowest BCUT2D eigenvalue weighted by Gasteiger charge is -2.17. The topological polar surface area (TPSA) is 64.3 Å². The number of aryl methyl sites for hydroxylation is 1. The Morgan fingerprint density at radius 2 is 2.33 bits per heavy atom. The number of hydrogen-bond acceptors (Lipinski definition) is 5. The number of ether oxygens (including phenoxy) is 1. The Bertz CT molecular complexity index is 355. The first kappa shape index (κ1) is 10.2. The van der Waals surface area contributed by atoms with Crippen LogP contribution in [0.2, 0.25) is 0 Å². The van der Waals surface area contributed by atoms with Crippen LogP contribution in [0.1, 0.15) is 12.2 Å². The molecule has 1 aromatic heterocycles. The van der Waals surface area contributed by atoms with Crippen LogP contribution in [0.25, 0.3) is 0 Å². The maximum Gasteiger partial charge on any atom is 0.218 e. The van der Waals surface area contributed by atoms with Crippen molar-refractivity contribution in [3.8, 4) is 5.88 Å². The lowest BCUT2D eigenvalue weighted by atomic mass is 10.3. The average molecular weight is 208 g/mol. The first-order chi connectivity index (χ1) is 7.19. The van der Waals surface area contributed by atoms with Crippen molar-refractivity contribution in [3.63, 3.8) is 0 Å². The molecule has 1 aromatic rings. The summed E-state index contributed by atoms with van der Waals surface area (Å²) in [5, 5.41) is 0. The molecular formula is C10H16N4O. The van der Waals surface area contributed by atoms with E-state index in [4.69, 9.17) is 10.5 Å².